The topological polar surface area (TPSA) is 60.9 Å². The molecule has 0 aromatic carbocycles. The highest BCUT2D eigenvalue weighted by Crippen LogP contribution is 2.32. The third kappa shape index (κ3) is 4.30. The van der Waals surface area contributed by atoms with Gasteiger partial charge in [0.25, 0.3) is 0 Å². The van der Waals surface area contributed by atoms with Gasteiger partial charge in [-0.05, 0) is 32.6 Å². The first kappa shape index (κ1) is 14.5. The smallest absolute Gasteiger partial charge is 0.323 e. The Morgan fingerprint density at radius 3 is 2.63 bits per heavy atom. The molecule has 5 nitrogen and oxygen atoms in total. The Kier molecular flexibility index (Phi) is 4.28. The van der Waals surface area contributed by atoms with Gasteiger partial charge in [-0.1, -0.05) is 0 Å². The average Bonchev–Trinajstić information content (AvgIpc) is 3.09. The summed E-state index contributed by atoms with van der Waals surface area (Å²) >= 11 is 1.86. The van der Waals surface area contributed by atoms with E-state index >= 15 is 0 Å². The van der Waals surface area contributed by atoms with Crippen molar-refractivity contribution in [2.75, 3.05) is 31.9 Å². The van der Waals surface area contributed by atoms with Crippen molar-refractivity contribution in [1.82, 2.24) is 9.80 Å². The van der Waals surface area contributed by atoms with Crippen LogP contribution in [0.4, 0.5) is 4.79 Å². The highest BCUT2D eigenvalue weighted by Gasteiger charge is 2.34. The molecule has 1 saturated carbocycles. The second kappa shape index (κ2) is 5.61. The van der Waals surface area contributed by atoms with Gasteiger partial charge in [-0.25, -0.2) is 4.79 Å². The number of amides is 2. The van der Waals surface area contributed by atoms with Crippen LogP contribution >= 0.6 is 11.8 Å². The molecule has 0 aromatic rings. The number of hydrogen-bond acceptors (Lipinski definition) is 3. The fourth-order valence-electron chi connectivity index (χ4n) is 2.37. The molecule has 0 atom stereocenters. The number of aliphatic carboxylic acids is 1. The summed E-state index contributed by atoms with van der Waals surface area (Å²) in [6.07, 6.45) is 2.23. The lowest BCUT2D eigenvalue weighted by molar-refractivity contribution is -0.137. The number of carboxylic acid groups (broad SMARTS) is 1. The summed E-state index contributed by atoms with van der Waals surface area (Å²) in [5.41, 5.74) is 0. The van der Waals surface area contributed by atoms with Gasteiger partial charge in [0.1, 0.15) is 6.54 Å². The van der Waals surface area contributed by atoms with Crippen LogP contribution in [-0.2, 0) is 4.79 Å². The van der Waals surface area contributed by atoms with Crippen molar-refractivity contribution < 1.29 is 14.7 Å². The summed E-state index contributed by atoms with van der Waals surface area (Å²) in [5, 5.41) is 8.95. The Morgan fingerprint density at radius 1 is 1.42 bits per heavy atom. The summed E-state index contributed by atoms with van der Waals surface area (Å²) < 4.78 is 0.0579. The number of carbonyl (C=O) groups excluding carboxylic acids is 1. The van der Waals surface area contributed by atoms with E-state index in [0.29, 0.717) is 25.6 Å². The molecule has 1 aliphatic carbocycles. The molecule has 1 heterocycles. The van der Waals surface area contributed by atoms with E-state index in [0.717, 1.165) is 18.6 Å². The number of thioether (sulfide) groups is 1. The maximum absolute atomic E-state index is 12.5. The van der Waals surface area contributed by atoms with E-state index in [1.54, 1.807) is 0 Å². The number of rotatable bonds is 4. The van der Waals surface area contributed by atoms with Crippen LogP contribution in [0.3, 0.4) is 0 Å². The molecule has 2 fully saturated rings. The molecule has 1 aliphatic heterocycles. The van der Waals surface area contributed by atoms with Gasteiger partial charge >= 0.3 is 12.0 Å². The molecule has 19 heavy (non-hydrogen) atoms. The quantitative estimate of drug-likeness (QED) is 0.855. The van der Waals surface area contributed by atoms with Crippen LogP contribution in [0.25, 0.3) is 0 Å². The van der Waals surface area contributed by atoms with E-state index in [9.17, 15) is 9.59 Å². The maximum atomic E-state index is 12.5. The molecule has 0 radical (unpaired) electrons. The Morgan fingerprint density at radius 2 is 2.11 bits per heavy atom. The number of nitrogens with zero attached hydrogens (tertiary/aromatic N) is 2. The Balaban J connectivity index is 1.98. The third-order valence-corrected chi connectivity index (χ3v) is 4.77. The number of hydrogen-bond donors (Lipinski definition) is 1. The van der Waals surface area contributed by atoms with Crippen molar-refractivity contribution in [1.29, 1.82) is 0 Å². The zero-order chi connectivity index (χ0) is 14.0. The summed E-state index contributed by atoms with van der Waals surface area (Å²) in [5.74, 6) is 0.499. The molecule has 1 saturated heterocycles. The van der Waals surface area contributed by atoms with E-state index < -0.39 is 5.97 Å². The van der Waals surface area contributed by atoms with Crippen LogP contribution in [0.1, 0.15) is 26.7 Å². The van der Waals surface area contributed by atoms with Gasteiger partial charge in [-0.2, -0.15) is 11.8 Å². The van der Waals surface area contributed by atoms with E-state index in [4.69, 9.17) is 5.11 Å². The highest BCUT2D eigenvalue weighted by molar-refractivity contribution is 8.00. The number of urea groups is 1. The van der Waals surface area contributed by atoms with Gasteiger partial charge in [-0.3, -0.25) is 4.79 Å². The van der Waals surface area contributed by atoms with Crippen LogP contribution in [0, 0.1) is 5.92 Å². The normalized spacial score (nSPS) is 22.1. The van der Waals surface area contributed by atoms with Crippen molar-refractivity contribution >= 4 is 23.8 Å². The maximum Gasteiger partial charge on any atom is 0.323 e. The molecule has 1 N–H and O–H groups in total. The van der Waals surface area contributed by atoms with Crippen LogP contribution in [-0.4, -0.2) is 63.6 Å². The van der Waals surface area contributed by atoms with Gasteiger partial charge in [0.15, 0.2) is 0 Å². The van der Waals surface area contributed by atoms with Crippen molar-refractivity contribution in [2.24, 2.45) is 5.92 Å². The molecule has 0 bridgehead atoms. The molecule has 0 unspecified atom stereocenters. The molecule has 2 aliphatic rings. The third-order valence-electron chi connectivity index (χ3n) is 3.47. The minimum absolute atomic E-state index is 0.0579. The standard InChI is InChI=1S/C13H22N2O3S/c1-13(2)9-14(5-6-19-13)12(18)15(8-11(16)17)7-10-3-4-10/h10H,3-9H2,1-2H3,(H,16,17). The summed E-state index contributed by atoms with van der Waals surface area (Å²) in [6, 6.07) is -0.109. The van der Waals surface area contributed by atoms with Crippen LogP contribution in [0.5, 0.6) is 0 Å². The van der Waals surface area contributed by atoms with E-state index in [1.807, 2.05) is 16.7 Å². The molecule has 108 valence electrons. The van der Waals surface area contributed by atoms with Crippen molar-refractivity contribution in [3.05, 3.63) is 0 Å². The lowest BCUT2D eigenvalue weighted by atomic mass is 10.2. The van der Waals surface area contributed by atoms with E-state index in [1.165, 1.54) is 4.90 Å². The second-order valence-corrected chi connectivity index (χ2v) is 7.83. The van der Waals surface area contributed by atoms with Gasteiger partial charge < -0.3 is 14.9 Å². The largest absolute Gasteiger partial charge is 0.480 e. The fraction of sp³-hybridized carbons (Fsp3) is 0.846. The van der Waals surface area contributed by atoms with Crippen LogP contribution < -0.4 is 0 Å². The average molecular weight is 286 g/mol. The van der Waals surface area contributed by atoms with Crippen LogP contribution in [0.2, 0.25) is 0 Å². The van der Waals surface area contributed by atoms with Crippen LogP contribution in [0.15, 0.2) is 0 Å². The first-order valence-corrected chi connectivity index (χ1v) is 7.75. The summed E-state index contributed by atoms with van der Waals surface area (Å²) in [4.78, 5) is 26.7. The molecule has 0 aromatic heterocycles. The van der Waals surface area contributed by atoms with Gasteiger partial charge in [0, 0.05) is 30.1 Å². The molecule has 6 heteroatoms. The van der Waals surface area contributed by atoms with Gasteiger partial charge in [0.2, 0.25) is 0 Å². The number of carboxylic acids is 1. The molecule has 0 spiro atoms. The van der Waals surface area contributed by atoms with E-state index in [-0.39, 0.29) is 17.3 Å². The lowest BCUT2D eigenvalue weighted by Crippen LogP contribution is -2.52. The Hall–Kier alpha value is -0.910. The van der Waals surface area contributed by atoms with Gasteiger partial charge in [0.05, 0.1) is 0 Å². The predicted octanol–water partition coefficient (Wildman–Crippen LogP) is 1.73. The Bertz CT molecular complexity index is 369. The highest BCUT2D eigenvalue weighted by atomic mass is 32.2. The van der Waals surface area contributed by atoms with Crippen molar-refractivity contribution in [3.63, 3.8) is 0 Å². The molecular weight excluding hydrogens is 264 g/mol. The number of carbonyl (C=O) groups is 2. The summed E-state index contributed by atoms with van der Waals surface area (Å²) in [7, 11) is 0. The molecular formula is C13H22N2O3S. The van der Waals surface area contributed by atoms with Crippen molar-refractivity contribution in [3.8, 4) is 0 Å². The minimum atomic E-state index is -0.931. The zero-order valence-corrected chi connectivity index (χ0v) is 12.4. The molecule has 2 amide bonds. The zero-order valence-electron chi connectivity index (χ0n) is 11.6. The lowest BCUT2D eigenvalue weighted by Gasteiger charge is -2.39. The first-order valence-electron chi connectivity index (χ1n) is 6.77. The fourth-order valence-corrected chi connectivity index (χ4v) is 3.48. The Labute approximate surface area is 118 Å². The van der Waals surface area contributed by atoms with Crippen molar-refractivity contribution in [2.45, 2.75) is 31.4 Å². The van der Waals surface area contributed by atoms with E-state index in [2.05, 4.69) is 13.8 Å². The molecule has 2 rings (SSSR count). The summed E-state index contributed by atoms with van der Waals surface area (Å²) in [6.45, 7) is 6.07. The predicted molar refractivity (Wildman–Crippen MR) is 75.4 cm³/mol. The first-order chi connectivity index (χ1) is 8.87. The monoisotopic (exact) mass is 286 g/mol. The SMILES string of the molecule is CC1(C)CN(C(=O)N(CC(=O)O)CC2CC2)CCS1. The minimum Gasteiger partial charge on any atom is -0.480 e. The van der Waals surface area contributed by atoms with Gasteiger partial charge in [-0.15, -0.1) is 0 Å². The second-order valence-electron chi connectivity index (χ2n) is 6.03.